The lowest BCUT2D eigenvalue weighted by atomic mass is 10.1. The molecule has 0 bridgehead atoms. The van der Waals surface area contributed by atoms with Crippen LogP contribution in [0.25, 0.3) is 6.08 Å². The van der Waals surface area contributed by atoms with Crippen molar-refractivity contribution >= 4 is 39.3 Å². The second-order valence-corrected chi connectivity index (χ2v) is 9.48. The normalized spacial score (nSPS) is 12.4. The molecule has 1 N–H and O–H groups in total. The molecule has 0 fully saturated rings. The molecule has 0 spiro atoms. The first-order valence-corrected chi connectivity index (χ1v) is 12.0. The summed E-state index contributed by atoms with van der Waals surface area (Å²) in [5.74, 6) is 0.586. The van der Waals surface area contributed by atoms with Crippen LogP contribution in [0.4, 0.5) is 5.69 Å². The van der Waals surface area contributed by atoms with Crippen LogP contribution in [-0.4, -0.2) is 33.4 Å². The van der Waals surface area contributed by atoms with Crippen molar-refractivity contribution in [2.45, 2.75) is 17.9 Å². The molecule has 0 aliphatic heterocycles. The van der Waals surface area contributed by atoms with Gasteiger partial charge in [0.15, 0.2) is 0 Å². The van der Waals surface area contributed by atoms with Gasteiger partial charge in [-0.2, -0.15) is 0 Å². The Hall–Kier alpha value is -3.29. The van der Waals surface area contributed by atoms with E-state index in [1.54, 1.807) is 61.5 Å². The molecule has 0 aliphatic rings. The number of para-hydroxylation sites is 1. The van der Waals surface area contributed by atoms with Gasteiger partial charge in [0.05, 0.1) is 28.8 Å². The summed E-state index contributed by atoms with van der Waals surface area (Å²) in [6, 6.07) is 20.3. The number of benzene rings is 3. The Kier molecular flexibility index (Phi) is 7.79. The minimum Gasteiger partial charge on any atom is -0.497 e. The Morgan fingerprint density at radius 3 is 2.27 bits per heavy atom. The molecule has 0 aromatic heterocycles. The van der Waals surface area contributed by atoms with E-state index in [1.807, 2.05) is 31.2 Å². The van der Waals surface area contributed by atoms with Crippen molar-refractivity contribution < 1.29 is 17.9 Å². The monoisotopic (exact) mass is 484 g/mol. The average Bonchev–Trinajstić information content (AvgIpc) is 2.83. The third-order valence-electron chi connectivity index (χ3n) is 5.25. The van der Waals surface area contributed by atoms with Gasteiger partial charge in [-0.3, -0.25) is 9.52 Å². The maximum absolute atomic E-state index is 12.6. The molecular weight excluding hydrogens is 460 g/mol. The number of amides is 1. The first kappa shape index (κ1) is 24.4. The first-order chi connectivity index (χ1) is 15.7. The fraction of sp³-hybridized carbons (Fsp3) is 0.160. The summed E-state index contributed by atoms with van der Waals surface area (Å²) in [5, 5.41) is 0.312. The number of carbonyl (C=O) groups excluding carboxylic acids is 1. The Bertz CT molecular complexity index is 1240. The lowest BCUT2D eigenvalue weighted by Crippen LogP contribution is -2.27. The number of ether oxygens (including phenoxy) is 1. The van der Waals surface area contributed by atoms with Crippen molar-refractivity contribution in [3.63, 3.8) is 0 Å². The number of sulfonamides is 1. The maximum Gasteiger partial charge on any atom is 0.261 e. The number of carbonyl (C=O) groups is 1. The van der Waals surface area contributed by atoms with E-state index < -0.39 is 10.0 Å². The highest BCUT2D eigenvalue weighted by atomic mass is 35.5. The number of likely N-dealkylation sites (N-methyl/N-ethyl adjacent to an activating group) is 1. The number of anilines is 1. The summed E-state index contributed by atoms with van der Waals surface area (Å²) in [7, 11) is -0.446. The Morgan fingerprint density at radius 2 is 1.67 bits per heavy atom. The van der Waals surface area contributed by atoms with Crippen LogP contribution in [0.1, 0.15) is 24.1 Å². The summed E-state index contributed by atoms with van der Waals surface area (Å²) in [5.41, 5.74) is 1.99. The molecule has 6 nitrogen and oxygen atoms in total. The van der Waals surface area contributed by atoms with E-state index in [2.05, 4.69) is 4.72 Å². The molecule has 1 amide bonds. The van der Waals surface area contributed by atoms with Gasteiger partial charge in [0.1, 0.15) is 5.75 Å². The maximum atomic E-state index is 12.6. The Morgan fingerprint density at radius 1 is 1.03 bits per heavy atom. The molecule has 3 aromatic rings. The zero-order valence-corrected chi connectivity index (χ0v) is 20.1. The predicted octanol–water partition coefficient (Wildman–Crippen LogP) is 5.38. The summed E-state index contributed by atoms with van der Waals surface area (Å²) in [4.78, 5) is 14.3. The molecule has 33 heavy (non-hydrogen) atoms. The van der Waals surface area contributed by atoms with Crippen molar-refractivity contribution in [1.82, 2.24) is 4.90 Å². The van der Waals surface area contributed by atoms with Gasteiger partial charge in [-0.1, -0.05) is 48.0 Å². The number of nitrogens with zero attached hydrogens (tertiary/aromatic N) is 1. The highest BCUT2D eigenvalue weighted by Crippen LogP contribution is 2.25. The summed E-state index contributed by atoms with van der Waals surface area (Å²) in [6.07, 6.45) is 3.11. The van der Waals surface area contributed by atoms with Gasteiger partial charge >= 0.3 is 0 Å². The number of nitrogens with one attached hydrogen (secondary N) is 1. The van der Waals surface area contributed by atoms with E-state index in [0.29, 0.717) is 16.3 Å². The zero-order valence-electron chi connectivity index (χ0n) is 18.5. The number of hydrogen-bond donors (Lipinski definition) is 1. The highest BCUT2D eigenvalue weighted by Gasteiger charge is 2.17. The largest absolute Gasteiger partial charge is 0.497 e. The van der Waals surface area contributed by atoms with Crippen LogP contribution in [-0.2, 0) is 14.8 Å². The number of rotatable bonds is 8. The van der Waals surface area contributed by atoms with E-state index in [-0.39, 0.29) is 16.8 Å². The second-order valence-electron chi connectivity index (χ2n) is 7.39. The van der Waals surface area contributed by atoms with E-state index in [0.717, 1.165) is 11.3 Å². The molecule has 0 radical (unpaired) electrons. The van der Waals surface area contributed by atoms with Crippen LogP contribution < -0.4 is 9.46 Å². The van der Waals surface area contributed by atoms with Crippen LogP contribution in [0.5, 0.6) is 5.75 Å². The van der Waals surface area contributed by atoms with Crippen molar-refractivity contribution in [3.05, 3.63) is 95.0 Å². The Labute approximate surface area is 199 Å². The molecule has 0 aliphatic carbocycles. The van der Waals surface area contributed by atoms with E-state index in [4.69, 9.17) is 16.3 Å². The molecule has 0 saturated heterocycles. The van der Waals surface area contributed by atoms with Crippen LogP contribution in [0, 0.1) is 0 Å². The SMILES string of the molecule is COc1ccc(C(C)N(C)C(=O)/C=C/c2ccc(S(=O)(=O)Nc3ccccc3Cl)cc2)cc1. The van der Waals surface area contributed by atoms with Gasteiger partial charge in [0.2, 0.25) is 5.91 Å². The molecule has 3 aromatic carbocycles. The van der Waals surface area contributed by atoms with Gasteiger partial charge in [-0.15, -0.1) is 0 Å². The van der Waals surface area contributed by atoms with Gasteiger partial charge < -0.3 is 9.64 Å². The van der Waals surface area contributed by atoms with Crippen LogP contribution in [0.15, 0.2) is 83.8 Å². The minimum atomic E-state index is -3.79. The Balaban J connectivity index is 1.66. The summed E-state index contributed by atoms with van der Waals surface area (Å²) >= 11 is 6.04. The highest BCUT2D eigenvalue weighted by molar-refractivity contribution is 7.92. The molecular formula is C25H25ClN2O4S. The zero-order chi connectivity index (χ0) is 24.0. The fourth-order valence-electron chi connectivity index (χ4n) is 3.09. The van der Waals surface area contributed by atoms with Gasteiger partial charge in [0, 0.05) is 13.1 Å². The molecule has 8 heteroatoms. The smallest absolute Gasteiger partial charge is 0.261 e. The van der Waals surface area contributed by atoms with Gasteiger partial charge in [0.25, 0.3) is 10.0 Å². The first-order valence-electron chi connectivity index (χ1n) is 10.2. The predicted molar refractivity (Wildman–Crippen MR) is 132 cm³/mol. The standard InChI is InChI=1S/C25H25ClN2O4S/c1-18(20-11-13-21(32-3)14-12-20)28(2)25(29)17-10-19-8-15-22(16-9-19)33(30,31)27-24-7-5-4-6-23(24)26/h4-18,27H,1-3H3/b17-10+. The number of hydrogen-bond acceptors (Lipinski definition) is 4. The molecule has 1 atom stereocenters. The molecule has 0 saturated carbocycles. The third-order valence-corrected chi connectivity index (χ3v) is 6.96. The molecule has 0 heterocycles. The summed E-state index contributed by atoms with van der Waals surface area (Å²) in [6.45, 7) is 1.94. The van der Waals surface area contributed by atoms with Crippen molar-refractivity contribution in [1.29, 1.82) is 0 Å². The lowest BCUT2D eigenvalue weighted by molar-refractivity contribution is -0.126. The quantitative estimate of drug-likeness (QED) is 0.435. The van der Waals surface area contributed by atoms with Crippen LogP contribution >= 0.6 is 11.6 Å². The van der Waals surface area contributed by atoms with Crippen LogP contribution in [0.2, 0.25) is 5.02 Å². The van der Waals surface area contributed by atoms with E-state index in [9.17, 15) is 13.2 Å². The van der Waals surface area contributed by atoms with Crippen LogP contribution in [0.3, 0.4) is 0 Å². The molecule has 1 unspecified atom stereocenters. The van der Waals surface area contributed by atoms with Crippen molar-refractivity contribution in [3.8, 4) is 5.75 Å². The van der Waals surface area contributed by atoms with Crippen molar-refractivity contribution in [2.24, 2.45) is 0 Å². The second kappa shape index (κ2) is 10.6. The van der Waals surface area contributed by atoms with E-state index in [1.165, 1.54) is 18.2 Å². The summed E-state index contributed by atoms with van der Waals surface area (Å²) < 4.78 is 32.9. The lowest BCUT2D eigenvalue weighted by Gasteiger charge is -2.24. The molecule has 3 rings (SSSR count). The van der Waals surface area contributed by atoms with Gasteiger partial charge in [-0.05, 0) is 60.5 Å². The number of halogens is 1. The fourth-order valence-corrected chi connectivity index (χ4v) is 4.41. The topological polar surface area (TPSA) is 75.7 Å². The molecule has 172 valence electrons. The number of methoxy groups -OCH3 is 1. The van der Waals surface area contributed by atoms with Crippen molar-refractivity contribution in [2.75, 3.05) is 18.9 Å². The van der Waals surface area contributed by atoms with E-state index >= 15 is 0 Å². The minimum absolute atomic E-state index is 0.0937. The third kappa shape index (κ3) is 6.15. The van der Waals surface area contributed by atoms with Gasteiger partial charge in [-0.25, -0.2) is 8.42 Å². The average molecular weight is 485 g/mol.